The van der Waals surface area contributed by atoms with E-state index in [0.717, 1.165) is 70.6 Å². The molecule has 0 aromatic rings. The molecule has 0 amide bonds. The Bertz CT molecular complexity index is 1290. The Morgan fingerprint density at radius 2 is 0.594 bits per heavy atom. The first-order chi connectivity index (χ1) is 34.0. The van der Waals surface area contributed by atoms with Crippen molar-refractivity contribution in [1.82, 2.24) is 0 Å². The van der Waals surface area contributed by atoms with Gasteiger partial charge in [-0.05, 0) is 77.0 Å². The lowest BCUT2D eigenvalue weighted by Gasteiger charge is -2.18. The first kappa shape index (κ1) is 65.8. The van der Waals surface area contributed by atoms with Crippen LogP contribution < -0.4 is 0 Å². The summed E-state index contributed by atoms with van der Waals surface area (Å²) in [6, 6.07) is 0. The van der Waals surface area contributed by atoms with Crippen molar-refractivity contribution in [2.75, 3.05) is 13.2 Å². The van der Waals surface area contributed by atoms with Crippen molar-refractivity contribution in [3.63, 3.8) is 0 Å². The number of esters is 3. The maximum atomic E-state index is 12.8. The van der Waals surface area contributed by atoms with Gasteiger partial charge in [-0.1, -0.05) is 267 Å². The van der Waals surface area contributed by atoms with Gasteiger partial charge in [0.05, 0.1) is 0 Å². The highest BCUT2D eigenvalue weighted by Gasteiger charge is 2.19. The third-order valence-electron chi connectivity index (χ3n) is 12.7. The van der Waals surface area contributed by atoms with E-state index in [4.69, 9.17) is 14.2 Å². The molecule has 0 heterocycles. The van der Waals surface area contributed by atoms with Gasteiger partial charge in [-0.3, -0.25) is 14.4 Å². The molecule has 0 spiro atoms. The third-order valence-corrected chi connectivity index (χ3v) is 12.7. The van der Waals surface area contributed by atoms with Crippen LogP contribution >= 0.6 is 0 Å². The molecule has 0 N–H and O–H groups in total. The predicted molar refractivity (Wildman–Crippen MR) is 298 cm³/mol. The van der Waals surface area contributed by atoms with Crippen LogP contribution in [-0.2, 0) is 28.6 Å². The molecule has 69 heavy (non-hydrogen) atoms. The summed E-state index contributed by atoms with van der Waals surface area (Å²) in [5.41, 5.74) is 0. The minimum Gasteiger partial charge on any atom is -0.462 e. The highest BCUT2D eigenvalue weighted by Crippen LogP contribution is 2.16. The predicted octanol–water partition coefficient (Wildman–Crippen LogP) is 19.8. The van der Waals surface area contributed by atoms with E-state index in [-0.39, 0.29) is 37.5 Å². The first-order valence-corrected chi connectivity index (χ1v) is 29.4. The summed E-state index contributed by atoms with van der Waals surface area (Å²) in [5.74, 6) is -0.976. The Balaban J connectivity index is 4.21. The van der Waals surface area contributed by atoms with Crippen LogP contribution in [0.15, 0.2) is 72.9 Å². The fourth-order valence-electron chi connectivity index (χ4n) is 8.31. The molecular formula is C63H110O6. The summed E-state index contributed by atoms with van der Waals surface area (Å²) >= 11 is 0. The van der Waals surface area contributed by atoms with E-state index in [0.29, 0.717) is 19.3 Å². The lowest BCUT2D eigenvalue weighted by Crippen LogP contribution is -2.30. The van der Waals surface area contributed by atoms with Crippen molar-refractivity contribution in [1.29, 1.82) is 0 Å². The van der Waals surface area contributed by atoms with Gasteiger partial charge in [0.1, 0.15) is 13.2 Å². The smallest absolute Gasteiger partial charge is 0.306 e. The molecule has 0 aromatic carbocycles. The van der Waals surface area contributed by atoms with E-state index < -0.39 is 6.10 Å². The summed E-state index contributed by atoms with van der Waals surface area (Å²) < 4.78 is 16.8. The largest absolute Gasteiger partial charge is 0.462 e. The fraction of sp³-hybridized carbons (Fsp3) is 0.762. The second-order valence-corrected chi connectivity index (χ2v) is 19.5. The van der Waals surface area contributed by atoms with E-state index >= 15 is 0 Å². The maximum Gasteiger partial charge on any atom is 0.306 e. The second kappa shape index (κ2) is 57.4. The number of carbonyl (C=O) groups excluding carboxylic acids is 3. The Kier molecular flexibility index (Phi) is 54.8. The Labute approximate surface area is 427 Å². The summed E-state index contributed by atoms with van der Waals surface area (Å²) in [6.45, 7) is 6.46. The summed E-state index contributed by atoms with van der Waals surface area (Å²) in [4.78, 5) is 38.0. The number of hydrogen-bond donors (Lipinski definition) is 0. The molecule has 1 atom stereocenters. The van der Waals surface area contributed by atoms with E-state index in [1.165, 1.54) is 173 Å². The van der Waals surface area contributed by atoms with E-state index in [2.05, 4.69) is 87.6 Å². The molecule has 0 aliphatic carbocycles. The lowest BCUT2D eigenvalue weighted by molar-refractivity contribution is -0.166. The van der Waals surface area contributed by atoms with Gasteiger partial charge < -0.3 is 14.2 Å². The van der Waals surface area contributed by atoms with Crippen LogP contribution in [0.2, 0.25) is 0 Å². The van der Waals surface area contributed by atoms with Crippen molar-refractivity contribution < 1.29 is 28.6 Å². The minimum atomic E-state index is -0.810. The number of rotatable bonds is 53. The van der Waals surface area contributed by atoms with Gasteiger partial charge in [0.15, 0.2) is 6.10 Å². The van der Waals surface area contributed by atoms with Gasteiger partial charge >= 0.3 is 17.9 Å². The van der Waals surface area contributed by atoms with Gasteiger partial charge in [0.2, 0.25) is 0 Å². The summed E-state index contributed by atoms with van der Waals surface area (Å²) in [7, 11) is 0. The molecule has 0 aliphatic rings. The standard InChI is InChI=1S/C63H110O6/c1-4-7-10-13-16-19-22-24-25-26-27-28-29-30-31-32-33-34-35-36-37-39-41-44-47-50-53-56-62(65)68-59-60(58-67-61(64)55-52-49-46-43-40-21-18-15-12-9-6-3)69-63(66)57-54-51-48-45-42-38-23-20-17-14-11-8-5-2/h8,11,17,20,22,24,26-27,38,42,48,51,60H,4-7,9-10,12-16,18-19,21,23,25,28-37,39-41,43-47,49-50,52-59H2,1-3H3/b11-8-,20-17-,24-22-,27-26-,42-38-,51-48-. The van der Waals surface area contributed by atoms with E-state index in [9.17, 15) is 14.4 Å². The Hall–Kier alpha value is -3.15. The molecule has 398 valence electrons. The van der Waals surface area contributed by atoms with Crippen LogP contribution in [0.25, 0.3) is 0 Å². The molecule has 0 aromatic heterocycles. The zero-order chi connectivity index (χ0) is 50.0. The molecule has 0 saturated heterocycles. The van der Waals surface area contributed by atoms with Crippen LogP contribution in [0.4, 0.5) is 0 Å². The molecule has 6 nitrogen and oxygen atoms in total. The summed E-state index contributed by atoms with van der Waals surface area (Å²) in [6.07, 6.45) is 73.6. The highest BCUT2D eigenvalue weighted by molar-refractivity contribution is 5.71. The van der Waals surface area contributed by atoms with Crippen molar-refractivity contribution in [2.45, 2.75) is 297 Å². The van der Waals surface area contributed by atoms with Crippen LogP contribution in [0.3, 0.4) is 0 Å². The number of hydrogen-bond acceptors (Lipinski definition) is 6. The normalized spacial score (nSPS) is 12.6. The molecule has 0 rings (SSSR count). The van der Waals surface area contributed by atoms with Gasteiger partial charge in [-0.25, -0.2) is 0 Å². The van der Waals surface area contributed by atoms with E-state index in [1.807, 2.05) is 6.08 Å². The topological polar surface area (TPSA) is 78.9 Å². The molecule has 0 radical (unpaired) electrons. The quantitative estimate of drug-likeness (QED) is 0.0262. The van der Waals surface area contributed by atoms with Crippen molar-refractivity contribution >= 4 is 17.9 Å². The van der Waals surface area contributed by atoms with Crippen LogP contribution in [0, 0.1) is 0 Å². The number of unbranched alkanes of at least 4 members (excludes halogenated alkanes) is 30. The van der Waals surface area contributed by atoms with Gasteiger partial charge in [0, 0.05) is 19.3 Å². The number of ether oxygens (including phenoxy) is 3. The maximum absolute atomic E-state index is 12.8. The molecule has 6 heteroatoms. The van der Waals surface area contributed by atoms with Crippen molar-refractivity contribution in [3.8, 4) is 0 Å². The zero-order valence-corrected chi connectivity index (χ0v) is 45.6. The van der Waals surface area contributed by atoms with Crippen molar-refractivity contribution in [2.24, 2.45) is 0 Å². The van der Waals surface area contributed by atoms with Crippen molar-refractivity contribution in [3.05, 3.63) is 72.9 Å². The fourth-order valence-corrected chi connectivity index (χ4v) is 8.31. The van der Waals surface area contributed by atoms with Gasteiger partial charge in [0.25, 0.3) is 0 Å². The molecule has 0 bridgehead atoms. The number of carbonyl (C=O) groups is 3. The second-order valence-electron chi connectivity index (χ2n) is 19.5. The Morgan fingerprint density at radius 3 is 0.942 bits per heavy atom. The minimum absolute atomic E-state index is 0.101. The van der Waals surface area contributed by atoms with Gasteiger partial charge in [-0.15, -0.1) is 0 Å². The average Bonchev–Trinajstić information content (AvgIpc) is 3.35. The van der Waals surface area contributed by atoms with Crippen LogP contribution in [0.1, 0.15) is 290 Å². The van der Waals surface area contributed by atoms with Crippen LogP contribution in [-0.4, -0.2) is 37.2 Å². The number of allylic oxidation sites excluding steroid dienone is 12. The van der Waals surface area contributed by atoms with Gasteiger partial charge in [-0.2, -0.15) is 0 Å². The SMILES string of the molecule is CC/C=C\C/C=C\C/C=C\C/C=C\CCC(=O)OC(COC(=O)CCCCCCCCCCCCC)COC(=O)CCCCCCCCCCCCCCCCC/C=C\C/C=C\CCCCCCC. The third kappa shape index (κ3) is 55.6. The van der Waals surface area contributed by atoms with E-state index in [1.54, 1.807) is 0 Å². The molecule has 1 unspecified atom stereocenters. The first-order valence-electron chi connectivity index (χ1n) is 29.4. The lowest BCUT2D eigenvalue weighted by atomic mass is 10.0. The average molecular weight is 964 g/mol. The van der Waals surface area contributed by atoms with Crippen LogP contribution in [0.5, 0.6) is 0 Å². The molecular weight excluding hydrogens is 853 g/mol. The highest BCUT2D eigenvalue weighted by atomic mass is 16.6. The Morgan fingerprint density at radius 1 is 0.304 bits per heavy atom. The zero-order valence-electron chi connectivity index (χ0n) is 45.6. The molecule has 0 fully saturated rings. The molecule has 0 aliphatic heterocycles. The molecule has 0 saturated carbocycles. The summed E-state index contributed by atoms with van der Waals surface area (Å²) in [5, 5.41) is 0. The monoisotopic (exact) mass is 963 g/mol.